The molecule has 0 heterocycles. The molecule has 0 aliphatic heterocycles. The first-order chi connectivity index (χ1) is 8.61. The van der Waals surface area contributed by atoms with Crippen molar-refractivity contribution in [3.05, 3.63) is 0 Å². The van der Waals surface area contributed by atoms with Gasteiger partial charge >= 0.3 is 5.97 Å². The fourth-order valence-corrected chi connectivity index (χ4v) is 1.61. The maximum absolute atomic E-state index is 11.7. The third-order valence-electron chi connectivity index (χ3n) is 2.89. The van der Waals surface area contributed by atoms with E-state index in [0.29, 0.717) is 19.8 Å². The number of carbonyl (C=O) groups is 1. The first-order valence-electron chi connectivity index (χ1n) is 7.00. The van der Waals surface area contributed by atoms with Gasteiger partial charge in [0.05, 0.1) is 19.1 Å². The highest BCUT2D eigenvalue weighted by Gasteiger charge is 2.16. The van der Waals surface area contributed by atoms with E-state index in [1.54, 1.807) is 0 Å². The molecule has 4 nitrogen and oxygen atoms in total. The lowest BCUT2D eigenvalue weighted by molar-refractivity contribution is -0.150. The molecule has 0 aromatic carbocycles. The predicted octanol–water partition coefficient (Wildman–Crippen LogP) is 2.32. The number of rotatable bonds is 11. The highest BCUT2D eigenvalue weighted by Crippen LogP contribution is 2.14. The van der Waals surface area contributed by atoms with Gasteiger partial charge in [-0.3, -0.25) is 4.79 Å². The van der Waals surface area contributed by atoms with Crippen molar-refractivity contribution in [2.75, 3.05) is 40.5 Å². The zero-order valence-corrected chi connectivity index (χ0v) is 12.4. The van der Waals surface area contributed by atoms with E-state index in [4.69, 9.17) is 9.47 Å². The topological polar surface area (TPSA) is 38.8 Å². The Morgan fingerprint density at radius 2 is 1.89 bits per heavy atom. The van der Waals surface area contributed by atoms with Gasteiger partial charge in [-0.2, -0.15) is 0 Å². The van der Waals surface area contributed by atoms with E-state index in [9.17, 15) is 4.79 Å². The number of likely N-dealkylation sites (N-methyl/N-ethyl adjacent to an activating group) is 1. The van der Waals surface area contributed by atoms with Crippen LogP contribution in [0.1, 0.15) is 39.5 Å². The first-order valence-corrected chi connectivity index (χ1v) is 7.00. The average Bonchev–Trinajstić information content (AvgIpc) is 2.34. The highest BCUT2D eigenvalue weighted by molar-refractivity contribution is 5.72. The summed E-state index contributed by atoms with van der Waals surface area (Å²) in [6, 6.07) is 0. The third kappa shape index (κ3) is 9.42. The highest BCUT2D eigenvalue weighted by atomic mass is 16.6. The second kappa shape index (κ2) is 11.5. The molecule has 0 fully saturated rings. The van der Waals surface area contributed by atoms with E-state index < -0.39 is 0 Å². The normalized spacial score (nSPS) is 12.7. The molecule has 1 atom stereocenters. The smallest absolute Gasteiger partial charge is 0.308 e. The summed E-state index contributed by atoms with van der Waals surface area (Å²) in [5.74, 6) is -0.00566. The summed E-state index contributed by atoms with van der Waals surface area (Å²) in [6.07, 6.45) is 4.01. The second-order valence-corrected chi connectivity index (χ2v) is 4.83. The molecule has 108 valence electrons. The molecule has 0 aliphatic carbocycles. The Kier molecular flexibility index (Phi) is 11.1. The Hall–Kier alpha value is -0.610. The number of nitrogens with zero attached hydrogens (tertiary/aromatic N) is 1. The van der Waals surface area contributed by atoms with Gasteiger partial charge in [0, 0.05) is 6.54 Å². The van der Waals surface area contributed by atoms with Crippen molar-refractivity contribution in [2.24, 2.45) is 5.92 Å². The minimum atomic E-state index is -0.0674. The Labute approximate surface area is 112 Å². The number of hydrogen-bond donors (Lipinski definition) is 0. The van der Waals surface area contributed by atoms with E-state index in [1.807, 2.05) is 21.0 Å². The molecule has 18 heavy (non-hydrogen) atoms. The van der Waals surface area contributed by atoms with Crippen LogP contribution < -0.4 is 0 Å². The van der Waals surface area contributed by atoms with E-state index in [2.05, 4.69) is 11.8 Å². The van der Waals surface area contributed by atoms with E-state index in [0.717, 1.165) is 32.2 Å². The van der Waals surface area contributed by atoms with Crippen LogP contribution in [-0.2, 0) is 14.3 Å². The summed E-state index contributed by atoms with van der Waals surface area (Å²) < 4.78 is 10.6. The summed E-state index contributed by atoms with van der Waals surface area (Å²) in [4.78, 5) is 13.8. The molecule has 1 unspecified atom stereocenters. The summed E-state index contributed by atoms with van der Waals surface area (Å²) in [6.45, 7) is 6.60. The van der Waals surface area contributed by atoms with Crippen LogP contribution in [0.25, 0.3) is 0 Å². The van der Waals surface area contributed by atoms with Crippen LogP contribution >= 0.6 is 0 Å². The van der Waals surface area contributed by atoms with Gasteiger partial charge in [-0.15, -0.1) is 0 Å². The molecule has 0 aliphatic rings. The summed E-state index contributed by atoms with van der Waals surface area (Å²) in [5.41, 5.74) is 0. The Balaban J connectivity index is 3.55. The first kappa shape index (κ1) is 17.4. The number of esters is 1. The molecular formula is C14H29NO3. The Morgan fingerprint density at radius 3 is 2.44 bits per heavy atom. The molecule has 0 rings (SSSR count). The fourth-order valence-electron chi connectivity index (χ4n) is 1.61. The van der Waals surface area contributed by atoms with E-state index in [1.165, 1.54) is 0 Å². The van der Waals surface area contributed by atoms with Crippen molar-refractivity contribution in [2.45, 2.75) is 39.5 Å². The molecule has 0 aromatic rings. The average molecular weight is 259 g/mol. The van der Waals surface area contributed by atoms with Crippen LogP contribution in [0.5, 0.6) is 0 Å². The molecule has 0 saturated heterocycles. The van der Waals surface area contributed by atoms with Gasteiger partial charge in [-0.25, -0.2) is 0 Å². The van der Waals surface area contributed by atoms with Crippen LogP contribution in [0.15, 0.2) is 0 Å². The van der Waals surface area contributed by atoms with E-state index >= 15 is 0 Å². The van der Waals surface area contributed by atoms with Gasteiger partial charge in [0.1, 0.15) is 6.61 Å². The molecule has 0 aromatic heterocycles. The summed E-state index contributed by atoms with van der Waals surface area (Å²) >= 11 is 0. The fraction of sp³-hybridized carbons (Fsp3) is 0.929. The lowest BCUT2D eigenvalue weighted by Crippen LogP contribution is -2.22. The SMILES string of the molecule is CCCCC(CC)C(=O)OCCOCCN(C)C. The van der Waals surface area contributed by atoms with Crippen molar-refractivity contribution in [3.63, 3.8) is 0 Å². The molecular weight excluding hydrogens is 230 g/mol. The number of unbranched alkanes of at least 4 members (excludes halogenated alkanes) is 1. The summed E-state index contributed by atoms with van der Waals surface area (Å²) in [5, 5.41) is 0. The zero-order chi connectivity index (χ0) is 13.8. The number of carbonyl (C=O) groups excluding carboxylic acids is 1. The Bertz CT molecular complexity index is 207. The maximum Gasteiger partial charge on any atom is 0.308 e. The van der Waals surface area contributed by atoms with Crippen LogP contribution in [-0.4, -0.2) is 51.3 Å². The van der Waals surface area contributed by atoms with Gasteiger partial charge in [0.2, 0.25) is 0 Å². The maximum atomic E-state index is 11.7. The molecule has 0 spiro atoms. The van der Waals surface area contributed by atoms with Gasteiger partial charge in [-0.1, -0.05) is 26.7 Å². The van der Waals surface area contributed by atoms with Crippen molar-refractivity contribution >= 4 is 5.97 Å². The lowest BCUT2D eigenvalue weighted by Gasteiger charge is -2.14. The molecule has 0 radical (unpaired) electrons. The standard InChI is InChI=1S/C14H29NO3/c1-5-7-8-13(6-2)14(16)18-12-11-17-10-9-15(3)4/h13H,5-12H2,1-4H3. The minimum Gasteiger partial charge on any atom is -0.463 e. The number of ether oxygens (including phenoxy) is 2. The largest absolute Gasteiger partial charge is 0.463 e. The van der Waals surface area contributed by atoms with Crippen LogP contribution in [0, 0.1) is 5.92 Å². The van der Waals surface area contributed by atoms with Crippen molar-refractivity contribution in [1.82, 2.24) is 4.90 Å². The Morgan fingerprint density at radius 1 is 1.17 bits per heavy atom. The van der Waals surface area contributed by atoms with Crippen molar-refractivity contribution in [1.29, 1.82) is 0 Å². The molecule has 0 amide bonds. The second-order valence-electron chi connectivity index (χ2n) is 4.83. The monoisotopic (exact) mass is 259 g/mol. The predicted molar refractivity (Wildman–Crippen MR) is 73.6 cm³/mol. The van der Waals surface area contributed by atoms with Crippen LogP contribution in [0.4, 0.5) is 0 Å². The van der Waals surface area contributed by atoms with Crippen molar-refractivity contribution < 1.29 is 14.3 Å². The zero-order valence-electron chi connectivity index (χ0n) is 12.4. The van der Waals surface area contributed by atoms with Crippen LogP contribution in [0.2, 0.25) is 0 Å². The van der Waals surface area contributed by atoms with Gasteiger partial charge < -0.3 is 14.4 Å². The third-order valence-corrected chi connectivity index (χ3v) is 2.89. The molecule has 0 N–H and O–H groups in total. The van der Waals surface area contributed by atoms with Crippen molar-refractivity contribution in [3.8, 4) is 0 Å². The molecule has 0 bridgehead atoms. The summed E-state index contributed by atoms with van der Waals surface area (Å²) in [7, 11) is 4.01. The number of hydrogen-bond acceptors (Lipinski definition) is 4. The quantitative estimate of drug-likeness (QED) is 0.422. The van der Waals surface area contributed by atoms with Gasteiger partial charge in [-0.05, 0) is 26.9 Å². The van der Waals surface area contributed by atoms with E-state index in [-0.39, 0.29) is 11.9 Å². The minimum absolute atomic E-state index is 0.0618. The lowest BCUT2D eigenvalue weighted by atomic mass is 10.00. The molecule has 0 saturated carbocycles. The van der Waals surface area contributed by atoms with Crippen LogP contribution in [0.3, 0.4) is 0 Å². The molecule has 4 heteroatoms. The van der Waals surface area contributed by atoms with Gasteiger partial charge in [0.15, 0.2) is 0 Å². The van der Waals surface area contributed by atoms with Gasteiger partial charge in [0.25, 0.3) is 0 Å².